The molecule has 0 bridgehead atoms. The van der Waals surface area contributed by atoms with Crippen molar-refractivity contribution in [3.05, 3.63) is 58.6 Å². The Morgan fingerprint density at radius 3 is 2.33 bits per heavy atom. The van der Waals surface area contributed by atoms with E-state index in [9.17, 15) is 13.2 Å². The van der Waals surface area contributed by atoms with Crippen LogP contribution in [-0.4, -0.2) is 33.7 Å². The number of hydrogen-bond donors (Lipinski definition) is 1. The minimum absolute atomic E-state index is 0.0715. The molecule has 27 heavy (non-hydrogen) atoms. The first-order valence-electron chi connectivity index (χ1n) is 8.50. The minimum Gasteiger partial charge on any atom is -0.494 e. The van der Waals surface area contributed by atoms with E-state index in [2.05, 4.69) is 19.2 Å². The number of carbonyl (C=O) groups is 1. The van der Waals surface area contributed by atoms with E-state index in [-0.39, 0.29) is 28.2 Å². The number of para-hydroxylation sites is 1. The number of halogens is 1. The Hall–Kier alpha value is -2.05. The van der Waals surface area contributed by atoms with Crippen molar-refractivity contribution >= 4 is 27.3 Å². The number of methoxy groups -OCH3 is 1. The standard InChI is InChI=1S/C20H22ClNO4S/c1-20(2)16(12-8-10-13(11-9-12)27(4,24)25)18(20)22-19(23)14-6-5-7-15(21)17(14)26-3/h5-11,16,18H,1-4H3,(H,22,23)/t16-,18-/m0/s1. The fourth-order valence-corrected chi connectivity index (χ4v) is 4.45. The quantitative estimate of drug-likeness (QED) is 0.820. The van der Waals surface area contributed by atoms with E-state index in [1.165, 1.54) is 13.4 Å². The molecule has 1 N–H and O–H groups in total. The number of benzene rings is 2. The van der Waals surface area contributed by atoms with Crippen molar-refractivity contribution in [2.24, 2.45) is 5.41 Å². The van der Waals surface area contributed by atoms with Crippen LogP contribution in [-0.2, 0) is 9.84 Å². The summed E-state index contributed by atoms with van der Waals surface area (Å²) in [4.78, 5) is 13.0. The van der Waals surface area contributed by atoms with Crippen molar-refractivity contribution in [3.63, 3.8) is 0 Å². The van der Waals surface area contributed by atoms with E-state index in [1.54, 1.807) is 30.3 Å². The van der Waals surface area contributed by atoms with Gasteiger partial charge in [-0.1, -0.05) is 43.6 Å². The average Bonchev–Trinajstić information content (AvgIpc) is 3.14. The van der Waals surface area contributed by atoms with Gasteiger partial charge >= 0.3 is 0 Å². The fraction of sp³-hybridized carbons (Fsp3) is 0.350. The van der Waals surface area contributed by atoms with Crippen molar-refractivity contribution in [2.45, 2.75) is 30.7 Å². The molecule has 0 aromatic heterocycles. The van der Waals surface area contributed by atoms with E-state index in [0.29, 0.717) is 16.3 Å². The summed E-state index contributed by atoms with van der Waals surface area (Å²) in [6, 6.07) is 11.8. The molecule has 0 radical (unpaired) electrons. The van der Waals surface area contributed by atoms with Crippen molar-refractivity contribution in [2.75, 3.05) is 13.4 Å². The molecule has 2 atom stereocenters. The van der Waals surface area contributed by atoms with Crippen LogP contribution in [0.3, 0.4) is 0 Å². The first-order chi connectivity index (χ1) is 12.6. The molecule has 0 unspecified atom stereocenters. The number of hydrogen-bond acceptors (Lipinski definition) is 4. The molecular weight excluding hydrogens is 386 g/mol. The predicted molar refractivity (Wildman–Crippen MR) is 105 cm³/mol. The van der Waals surface area contributed by atoms with Crippen LogP contribution in [0.1, 0.15) is 35.7 Å². The maximum absolute atomic E-state index is 12.7. The van der Waals surface area contributed by atoms with Crippen LogP contribution in [0, 0.1) is 5.41 Å². The van der Waals surface area contributed by atoms with Gasteiger partial charge in [-0.3, -0.25) is 4.79 Å². The third kappa shape index (κ3) is 3.69. The van der Waals surface area contributed by atoms with Gasteiger partial charge in [0.05, 0.1) is 22.6 Å². The second-order valence-corrected chi connectivity index (χ2v) is 9.83. The third-order valence-electron chi connectivity index (χ3n) is 5.20. The van der Waals surface area contributed by atoms with Crippen LogP contribution < -0.4 is 10.1 Å². The molecule has 1 amide bonds. The normalized spacial score (nSPS) is 20.8. The van der Waals surface area contributed by atoms with Gasteiger partial charge in [0.2, 0.25) is 0 Å². The lowest BCUT2D eigenvalue weighted by Crippen LogP contribution is -2.29. The van der Waals surface area contributed by atoms with Gasteiger partial charge in [0.1, 0.15) is 5.75 Å². The van der Waals surface area contributed by atoms with Crippen molar-refractivity contribution < 1.29 is 17.9 Å². The van der Waals surface area contributed by atoms with Gasteiger partial charge in [-0.05, 0) is 35.2 Å². The maximum atomic E-state index is 12.7. The molecule has 1 aliphatic carbocycles. The summed E-state index contributed by atoms with van der Waals surface area (Å²) in [6.07, 6.45) is 1.18. The Morgan fingerprint density at radius 1 is 1.15 bits per heavy atom. The second kappa shape index (κ2) is 6.84. The number of nitrogens with one attached hydrogen (secondary N) is 1. The molecule has 0 spiro atoms. The Kier molecular flexibility index (Phi) is 4.99. The van der Waals surface area contributed by atoms with Gasteiger partial charge in [0.15, 0.2) is 9.84 Å². The van der Waals surface area contributed by atoms with Crippen molar-refractivity contribution in [1.82, 2.24) is 5.32 Å². The fourth-order valence-electron chi connectivity index (χ4n) is 3.57. The number of carbonyl (C=O) groups excluding carboxylic acids is 1. The van der Waals surface area contributed by atoms with Crippen LogP contribution in [0.25, 0.3) is 0 Å². The molecule has 1 saturated carbocycles. The molecule has 144 valence electrons. The van der Waals surface area contributed by atoms with Gasteiger partial charge < -0.3 is 10.1 Å². The van der Waals surface area contributed by atoms with Gasteiger partial charge in [0, 0.05) is 18.2 Å². The number of sulfone groups is 1. The summed E-state index contributed by atoms with van der Waals surface area (Å²) in [7, 11) is -1.75. The van der Waals surface area contributed by atoms with Crippen molar-refractivity contribution in [3.8, 4) is 5.75 Å². The highest BCUT2D eigenvalue weighted by Crippen LogP contribution is 2.58. The molecule has 1 aliphatic rings. The molecule has 3 rings (SSSR count). The molecule has 7 heteroatoms. The summed E-state index contributed by atoms with van der Waals surface area (Å²) in [5.41, 5.74) is 1.24. The lowest BCUT2D eigenvalue weighted by molar-refractivity contribution is 0.0943. The zero-order valence-electron chi connectivity index (χ0n) is 15.6. The Labute approximate surface area is 164 Å². The minimum atomic E-state index is -3.23. The van der Waals surface area contributed by atoms with Crippen LogP contribution in [0.15, 0.2) is 47.4 Å². The lowest BCUT2D eigenvalue weighted by Gasteiger charge is -2.11. The molecule has 2 aromatic carbocycles. The summed E-state index contributed by atoms with van der Waals surface area (Å²) in [5, 5.41) is 3.44. The molecule has 0 aliphatic heterocycles. The highest BCUT2D eigenvalue weighted by Gasteiger charge is 2.59. The summed E-state index contributed by atoms with van der Waals surface area (Å²) < 4.78 is 28.5. The molecule has 1 fully saturated rings. The van der Waals surface area contributed by atoms with Crippen LogP contribution in [0.2, 0.25) is 5.02 Å². The molecule has 0 heterocycles. The second-order valence-electron chi connectivity index (χ2n) is 7.41. The van der Waals surface area contributed by atoms with Gasteiger partial charge in [-0.25, -0.2) is 8.42 Å². The monoisotopic (exact) mass is 407 g/mol. The highest BCUT2D eigenvalue weighted by atomic mass is 35.5. The number of amides is 1. The van der Waals surface area contributed by atoms with Crippen molar-refractivity contribution in [1.29, 1.82) is 0 Å². The Morgan fingerprint density at radius 2 is 1.78 bits per heavy atom. The smallest absolute Gasteiger partial charge is 0.255 e. The zero-order valence-corrected chi connectivity index (χ0v) is 17.2. The molecular formula is C20H22ClNO4S. The van der Waals surface area contributed by atoms with Crippen LogP contribution in [0.5, 0.6) is 5.75 Å². The average molecular weight is 408 g/mol. The van der Waals surface area contributed by atoms with Crippen LogP contribution >= 0.6 is 11.6 Å². The predicted octanol–water partition coefficient (Wildman–Crippen LogP) is 3.67. The van der Waals surface area contributed by atoms with Gasteiger partial charge in [-0.15, -0.1) is 0 Å². The van der Waals surface area contributed by atoms with Gasteiger partial charge in [0.25, 0.3) is 5.91 Å². The Bertz CT molecular complexity index is 984. The maximum Gasteiger partial charge on any atom is 0.255 e. The van der Waals surface area contributed by atoms with E-state index in [0.717, 1.165) is 5.56 Å². The first-order valence-corrected chi connectivity index (χ1v) is 10.8. The number of ether oxygens (including phenoxy) is 1. The van der Waals surface area contributed by atoms with Crippen LogP contribution in [0.4, 0.5) is 0 Å². The van der Waals surface area contributed by atoms with E-state index in [1.807, 2.05) is 12.1 Å². The summed E-state index contributed by atoms with van der Waals surface area (Å²) in [6.45, 7) is 4.14. The van der Waals surface area contributed by atoms with Gasteiger partial charge in [-0.2, -0.15) is 0 Å². The SMILES string of the molecule is COc1c(Cl)cccc1C(=O)N[C@H]1[C@H](c2ccc(S(C)(=O)=O)cc2)C1(C)C. The molecule has 5 nitrogen and oxygen atoms in total. The topological polar surface area (TPSA) is 72.5 Å². The third-order valence-corrected chi connectivity index (χ3v) is 6.62. The summed E-state index contributed by atoms with van der Waals surface area (Å²) in [5.74, 6) is 0.201. The van der Waals surface area contributed by atoms with E-state index in [4.69, 9.17) is 16.3 Å². The molecule has 2 aromatic rings. The summed E-state index contributed by atoms with van der Waals surface area (Å²) >= 11 is 6.10. The largest absolute Gasteiger partial charge is 0.494 e. The van der Waals surface area contributed by atoms with E-state index >= 15 is 0 Å². The Balaban J connectivity index is 1.81. The zero-order chi connectivity index (χ0) is 20.0. The first kappa shape index (κ1) is 19.7. The van der Waals surface area contributed by atoms with E-state index < -0.39 is 9.84 Å². The lowest BCUT2D eigenvalue weighted by atomic mass is 10.0. The highest BCUT2D eigenvalue weighted by molar-refractivity contribution is 7.90. The number of rotatable bonds is 5. The molecule has 0 saturated heterocycles.